The van der Waals surface area contributed by atoms with E-state index < -0.39 is 22.5 Å². The average molecular weight is 241 g/mol. The first-order valence-electron chi connectivity index (χ1n) is 5.00. The van der Waals surface area contributed by atoms with Crippen LogP contribution in [0.2, 0.25) is 0 Å². The third-order valence-electron chi connectivity index (χ3n) is 2.02. The summed E-state index contributed by atoms with van der Waals surface area (Å²) in [7, 11) is 0. The molecule has 1 aromatic rings. The highest BCUT2D eigenvalue weighted by molar-refractivity contribution is 5.76. The highest BCUT2D eigenvalue weighted by atomic mass is 19.1. The first-order valence-corrected chi connectivity index (χ1v) is 5.00. The van der Waals surface area contributed by atoms with Gasteiger partial charge in [-0.25, -0.2) is 4.39 Å². The lowest BCUT2D eigenvalue weighted by Crippen LogP contribution is -2.16. The topological polar surface area (TPSA) is 69.4 Å². The predicted octanol–water partition coefficient (Wildman–Crippen LogP) is 2.48. The molecule has 0 aromatic heterocycles. The molecule has 0 aliphatic carbocycles. The highest BCUT2D eigenvalue weighted by Gasteiger charge is 2.18. The van der Waals surface area contributed by atoms with Crippen LogP contribution in [-0.4, -0.2) is 16.8 Å². The lowest BCUT2D eigenvalue weighted by atomic mass is 10.2. The zero-order valence-corrected chi connectivity index (χ0v) is 9.47. The number of rotatable bonds is 5. The Morgan fingerprint density at radius 1 is 1.59 bits per heavy atom. The van der Waals surface area contributed by atoms with Gasteiger partial charge in [0.25, 0.3) is 0 Å². The number of hydrogen-bond acceptors (Lipinski definition) is 4. The number of nitro groups is 1. The molecule has 0 saturated heterocycles. The molecule has 5 nitrogen and oxygen atoms in total. The van der Waals surface area contributed by atoms with E-state index in [0.29, 0.717) is 0 Å². The lowest BCUT2D eigenvalue weighted by Gasteiger charge is -2.12. The van der Waals surface area contributed by atoms with Crippen LogP contribution in [0.15, 0.2) is 18.2 Å². The molecule has 0 saturated carbocycles. The van der Waals surface area contributed by atoms with Crippen molar-refractivity contribution in [1.29, 1.82) is 0 Å². The van der Waals surface area contributed by atoms with Crippen molar-refractivity contribution in [1.82, 2.24) is 0 Å². The average Bonchev–Trinajstić information content (AvgIpc) is 2.19. The zero-order chi connectivity index (χ0) is 13.0. The van der Waals surface area contributed by atoms with Gasteiger partial charge in [0.2, 0.25) is 0 Å². The summed E-state index contributed by atoms with van der Waals surface area (Å²) < 4.78 is 18.1. The molecular formula is C11H12FNO4. The number of halogens is 1. The summed E-state index contributed by atoms with van der Waals surface area (Å²) in [5.74, 6) is -0.823. The Labute approximate surface area is 97.3 Å². The number of nitro benzene ring substituents is 1. The minimum atomic E-state index is -0.723. The van der Waals surface area contributed by atoms with E-state index in [2.05, 4.69) is 0 Å². The van der Waals surface area contributed by atoms with Crippen LogP contribution in [0.5, 0.6) is 5.75 Å². The molecule has 0 fully saturated rings. The van der Waals surface area contributed by atoms with Crippen LogP contribution in [0.4, 0.5) is 10.1 Å². The fourth-order valence-electron chi connectivity index (χ4n) is 1.40. The SMILES string of the molecule is CC(=O)CC(C)Oc1ccc(F)cc1[N+](=O)[O-]. The molecule has 0 spiro atoms. The summed E-state index contributed by atoms with van der Waals surface area (Å²) in [6.45, 7) is 3.02. The van der Waals surface area contributed by atoms with Crippen LogP contribution in [0, 0.1) is 15.9 Å². The van der Waals surface area contributed by atoms with Gasteiger partial charge in [-0.2, -0.15) is 0 Å². The molecule has 1 atom stereocenters. The molecule has 6 heteroatoms. The minimum Gasteiger partial charge on any atom is -0.483 e. The van der Waals surface area contributed by atoms with Crippen molar-refractivity contribution in [2.75, 3.05) is 0 Å². The maximum atomic E-state index is 12.8. The molecule has 1 rings (SSSR count). The van der Waals surface area contributed by atoms with E-state index in [1.165, 1.54) is 13.0 Å². The van der Waals surface area contributed by atoms with Gasteiger partial charge in [-0.1, -0.05) is 0 Å². The number of benzene rings is 1. The molecule has 0 radical (unpaired) electrons. The zero-order valence-electron chi connectivity index (χ0n) is 9.47. The number of carbonyl (C=O) groups excluding carboxylic acids is 1. The van der Waals surface area contributed by atoms with Crippen molar-refractivity contribution in [3.63, 3.8) is 0 Å². The maximum absolute atomic E-state index is 12.8. The Morgan fingerprint density at radius 2 is 2.24 bits per heavy atom. The van der Waals surface area contributed by atoms with E-state index in [-0.39, 0.29) is 18.0 Å². The fraction of sp³-hybridized carbons (Fsp3) is 0.364. The van der Waals surface area contributed by atoms with Crippen LogP contribution in [0.25, 0.3) is 0 Å². The normalized spacial score (nSPS) is 11.9. The van der Waals surface area contributed by atoms with Crippen molar-refractivity contribution >= 4 is 11.5 Å². The molecule has 0 aliphatic rings. The third-order valence-corrected chi connectivity index (χ3v) is 2.02. The quantitative estimate of drug-likeness (QED) is 0.586. The van der Waals surface area contributed by atoms with Crippen molar-refractivity contribution in [2.24, 2.45) is 0 Å². The molecule has 1 unspecified atom stereocenters. The molecule has 92 valence electrons. The lowest BCUT2D eigenvalue weighted by molar-refractivity contribution is -0.386. The molecule has 17 heavy (non-hydrogen) atoms. The van der Waals surface area contributed by atoms with Gasteiger partial charge >= 0.3 is 5.69 Å². The second-order valence-corrected chi connectivity index (χ2v) is 3.70. The Hall–Kier alpha value is -1.98. The van der Waals surface area contributed by atoms with Crippen molar-refractivity contribution < 1.29 is 18.8 Å². The molecule has 0 bridgehead atoms. The van der Waals surface area contributed by atoms with Gasteiger partial charge in [-0.05, 0) is 26.0 Å². The van der Waals surface area contributed by atoms with Crippen molar-refractivity contribution in [3.05, 3.63) is 34.1 Å². The van der Waals surface area contributed by atoms with Gasteiger partial charge in [-0.15, -0.1) is 0 Å². The Morgan fingerprint density at radius 3 is 2.76 bits per heavy atom. The van der Waals surface area contributed by atoms with Crippen LogP contribution in [0.3, 0.4) is 0 Å². The van der Waals surface area contributed by atoms with Gasteiger partial charge < -0.3 is 4.74 Å². The molecule has 0 heterocycles. The second kappa shape index (κ2) is 5.38. The number of hydrogen-bond donors (Lipinski definition) is 0. The van der Waals surface area contributed by atoms with Crippen molar-refractivity contribution in [2.45, 2.75) is 26.4 Å². The standard InChI is InChI=1S/C11H12FNO4/c1-7(14)5-8(2)17-11-4-3-9(12)6-10(11)13(15)16/h3-4,6,8H,5H2,1-2H3. The number of Topliss-reactive ketones (excluding diaryl/α,β-unsaturated/α-hetero) is 1. The largest absolute Gasteiger partial charge is 0.483 e. The third kappa shape index (κ3) is 3.82. The molecular weight excluding hydrogens is 229 g/mol. The Balaban J connectivity index is 2.90. The van der Waals surface area contributed by atoms with Crippen LogP contribution in [0.1, 0.15) is 20.3 Å². The highest BCUT2D eigenvalue weighted by Crippen LogP contribution is 2.28. The fourth-order valence-corrected chi connectivity index (χ4v) is 1.40. The summed E-state index contributed by atoms with van der Waals surface area (Å²) in [6.07, 6.45) is -0.342. The van der Waals surface area contributed by atoms with E-state index in [1.807, 2.05) is 0 Å². The maximum Gasteiger partial charge on any atom is 0.313 e. The Kier molecular flexibility index (Phi) is 4.14. The first kappa shape index (κ1) is 13.1. The molecule has 0 amide bonds. The number of carbonyl (C=O) groups is 1. The van der Waals surface area contributed by atoms with Gasteiger partial charge in [0, 0.05) is 6.42 Å². The monoisotopic (exact) mass is 241 g/mol. The van der Waals surface area contributed by atoms with E-state index in [0.717, 1.165) is 12.1 Å². The van der Waals surface area contributed by atoms with Crippen LogP contribution < -0.4 is 4.74 Å². The first-order chi connectivity index (χ1) is 7.90. The van der Waals surface area contributed by atoms with Crippen LogP contribution in [-0.2, 0) is 4.79 Å². The van der Waals surface area contributed by atoms with Crippen LogP contribution >= 0.6 is 0 Å². The van der Waals surface area contributed by atoms with Gasteiger partial charge in [0.15, 0.2) is 5.75 Å². The van der Waals surface area contributed by atoms with E-state index in [4.69, 9.17) is 4.74 Å². The summed E-state index contributed by atoms with van der Waals surface area (Å²) in [4.78, 5) is 20.8. The van der Waals surface area contributed by atoms with Gasteiger partial charge in [-0.3, -0.25) is 14.9 Å². The predicted molar refractivity (Wildman–Crippen MR) is 58.4 cm³/mol. The molecule has 0 aliphatic heterocycles. The number of ether oxygens (including phenoxy) is 1. The number of nitrogens with zero attached hydrogens (tertiary/aromatic N) is 1. The summed E-state index contributed by atoms with van der Waals surface area (Å²) in [5.41, 5.74) is -0.444. The van der Waals surface area contributed by atoms with E-state index >= 15 is 0 Å². The van der Waals surface area contributed by atoms with Gasteiger partial charge in [0.1, 0.15) is 17.7 Å². The van der Waals surface area contributed by atoms with E-state index in [1.54, 1.807) is 6.92 Å². The summed E-state index contributed by atoms with van der Waals surface area (Å²) in [5, 5.41) is 10.7. The molecule has 1 aromatic carbocycles. The smallest absolute Gasteiger partial charge is 0.313 e. The summed E-state index contributed by atoms with van der Waals surface area (Å²) in [6, 6.07) is 3.04. The molecule has 0 N–H and O–H groups in total. The summed E-state index contributed by atoms with van der Waals surface area (Å²) >= 11 is 0. The number of ketones is 1. The van der Waals surface area contributed by atoms with E-state index in [9.17, 15) is 19.3 Å². The minimum absolute atomic E-state index is 0.0369. The second-order valence-electron chi connectivity index (χ2n) is 3.70. The van der Waals surface area contributed by atoms with Gasteiger partial charge in [0.05, 0.1) is 11.0 Å². The van der Waals surface area contributed by atoms with Crippen molar-refractivity contribution in [3.8, 4) is 5.75 Å². The Bertz CT molecular complexity index is 447.